The number of pyridine rings is 1. The molecule has 0 saturated carbocycles. The van der Waals surface area contributed by atoms with E-state index in [1.807, 2.05) is 65.2 Å². The van der Waals surface area contributed by atoms with Crippen molar-refractivity contribution in [2.75, 3.05) is 11.1 Å². The van der Waals surface area contributed by atoms with Crippen molar-refractivity contribution in [1.82, 2.24) is 19.7 Å². The number of rotatable bonds is 6. The van der Waals surface area contributed by atoms with Crippen LogP contribution >= 0.6 is 56.9 Å². The predicted octanol–water partition coefficient (Wildman–Crippen LogP) is 5.27. The fourth-order valence-corrected chi connectivity index (χ4v) is 5.25. The van der Waals surface area contributed by atoms with Crippen LogP contribution in [0.5, 0.6) is 0 Å². The average Bonchev–Trinajstić information content (AvgIpc) is 3.19. The van der Waals surface area contributed by atoms with E-state index >= 15 is 0 Å². The molecule has 2 aromatic carbocycles. The number of hydrogen-bond acceptors (Lipinski definition) is 5. The Morgan fingerprint density at radius 1 is 1.03 bits per heavy atom. The minimum absolute atomic E-state index is 0.0929. The van der Waals surface area contributed by atoms with Gasteiger partial charge in [0.25, 0.3) is 0 Å². The molecule has 30 heavy (non-hydrogen) atoms. The van der Waals surface area contributed by atoms with Crippen molar-refractivity contribution in [2.45, 2.75) is 5.16 Å². The van der Waals surface area contributed by atoms with Crippen molar-refractivity contribution in [1.29, 1.82) is 0 Å². The average molecular weight is 639 g/mol. The summed E-state index contributed by atoms with van der Waals surface area (Å²) in [6.07, 6.45) is 3.47. The van der Waals surface area contributed by atoms with Crippen molar-refractivity contribution in [3.63, 3.8) is 0 Å². The van der Waals surface area contributed by atoms with Gasteiger partial charge in [-0.15, -0.1) is 10.2 Å². The Bertz CT molecular complexity index is 1170. The number of nitrogens with one attached hydrogen (secondary N) is 1. The maximum absolute atomic E-state index is 12.5. The molecule has 150 valence electrons. The van der Waals surface area contributed by atoms with E-state index in [2.05, 4.69) is 65.7 Å². The summed E-state index contributed by atoms with van der Waals surface area (Å²) in [4.78, 5) is 16.7. The Labute approximate surface area is 205 Å². The minimum Gasteiger partial charge on any atom is -0.324 e. The molecule has 0 aliphatic rings. The number of hydrogen-bond donors (Lipinski definition) is 1. The number of amides is 1. The summed E-state index contributed by atoms with van der Waals surface area (Å²) in [6, 6.07) is 19.6. The summed E-state index contributed by atoms with van der Waals surface area (Å²) in [5.41, 5.74) is 2.59. The van der Waals surface area contributed by atoms with Crippen LogP contribution in [0.4, 0.5) is 5.69 Å². The predicted molar refractivity (Wildman–Crippen MR) is 136 cm³/mol. The van der Waals surface area contributed by atoms with Crippen LogP contribution in [-0.2, 0) is 4.79 Å². The van der Waals surface area contributed by atoms with Gasteiger partial charge in [-0.25, -0.2) is 0 Å². The summed E-state index contributed by atoms with van der Waals surface area (Å²) in [7, 11) is 0. The van der Waals surface area contributed by atoms with Crippen molar-refractivity contribution in [3.05, 3.63) is 80.2 Å². The maximum Gasteiger partial charge on any atom is 0.234 e. The first-order valence-corrected chi connectivity index (χ1v) is 12.0. The SMILES string of the molecule is O=C(CSc1nnc(-c2cccnc2)n1-c1ccccc1)Nc1ccc(I)cc1I. The van der Waals surface area contributed by atoms with E-state index in [9.17, 15) is 4.79 Å². The van der Waals surface area contributed by atoms with Crippen LogP contribution in [-0.4, -0.2) is 31.4 Å². The first kappa shape index (κ1) is 21.2. The van der Waals surface area contributed by atoms with Gasteiger partial charge in [-0.2, -0.15) is 0 Å². The number of halogens is 2. The third-order valence-corrected chi connectivity index (χ3v) is 6.60. The van der Waals surface area contributed by atoms with E-state index in [1.54, 1.807) is 12.4 Å². The lowest BCUT2D eigenvalue weighted by atomic mass is 10.2. The molecule has 9 heteroatoms. The van der Waals surface area contributed by atoms with Gasteiger partial charge in [-0.1, -0.05) is 30.0 Å². The van der Waals surface area contributed by atoms with Gasteiger partial charge in [0.1, 0.15) is 0 Å². The maximum atomic E-state index is 12.5. The van der Waals surface area contributed by atoms with E-state index in [-0.39, 0.29) is 11.7 Å². The normalized spacial score (nSPS) is 10.7. The highest BCUT2D eigenvalue weighted by atomic mass is 127. The van der Waals surface area contributed by atoms with Gasteiger partial charge >= 0.3 is 0 Å². The Kier molecular flexibility index (Phi) is 7.00. The quantitative estimate of drug-likeness (QED) is 0.230. The van der Waals surface area contributed by atoms with Gasteiger partial charge in [-0.3, -0.25) is 14.3 Å². The summed E-state index contributed by atoms with van der Waals surface area (Å²) in [5.74, 6) is 0.814. The zero-order chi connectivity index (χ0) is 20.9. The molecular weight excluding hydrogens is 624 g/mol. The summed E-state index contributed by atoms with van der Waals surface area (Å²) in [6.45, 7) is 0. The number of thioether (sulfide) groups is 1. The number of anilines is 1. The van der Waals surface area contributed by atoms with Crippen molar-refractivity contribution >= 4 is 68.5 Å². The van der Waals surface area contributed by atoms with E-state index in [0.717, 1.165) is 24.1 Å². The smallest absolute Gasteiger partial charge is 0.234 e. The fourth-order valence-electron chi connectivity index (χ4n) is 2.76. The molecule has 0 spiro atoms. The highest BCUT2D eigenvalue weighted by Gasteiger charge is 2.17. The monoisotopic (exact) mass is 639 g/mol. The van der Waals surface area contributed by atoms with Crippen molar-refractivity contribution < 1.29 is 4.79 Å². The van der Waals surface area contributed by atoms with E-state index in [0.29, 0.717) is 11.0 Å². The van der Waals surface area contributed by atoms with Crippen LogP contribution < -0.4 is 5.32 Å². The molecule has 4 rings (SSSR count). The lowest BCUT2D eigenvalue weighted by molar-refractivity contribution is -0.113. The number of benzene rings is 2. The third kappa shape index (κ3) is 5.01. The number of nitrogens with zero attached hydrogens (tertiary/aromatic N) is 4. The van der Waals surface area contributed by atoms with Crippen LogP contribution in [0, 0.1) is 7.14 Å². The molecule has 2 aromatic heterocycles. The first-order chi connectivity index (χ1) is 14.6. The summed E-state index contributed by atoms with van der Waals surface area (Å²) >= 11 is 5.82. The molecule has 0 saturated heterocycles. The Morgan fingerprint density at radius 3 is 2.60 bits per heavy atom. The van der Waals surface area contributed by atoms with Crippen LogP contribution in [0.25, 0.3) is 17.1 Å². The van der Waals surface area contributed by atoms with E-state index < -0.39 is 0 Å². The van der Waals surface area contributed by atoms with E-state index in [1.165, 1.54) is 11.8 Å². The first-order valence-electron chi connectivity index (χ1n) is 8.91. The molecule has 4 aromatic rings. The van der Waals surface area contributed by atoms with Gasteiger partial charge < -0.3 is 5.32 Å². The molecule has 0 aliphatic carbocycles. The zero-order valence-electron chi connectivity index (χ0n) is 15.5. The van der Waals surface area contributed by atoms with Crippen molar-refractivity contribution in [2.24, 2.45) is 0 Å². The van der Waals surface area contributed by atoms with Crippen LogP contribution in [0.3, 0.4) is 0 Å². The standard InChI is InChI=1S/C21H15I2N5OS/c22-15-8-9-18(17(23)11-15)25-19(29)13-30-21-27-26-20(14-5-4-10-24-12-14)28(21)16-6-2-1-3-7-16/h1-12H,13H2,(H,25,29). The van der Waals surface area contributed by atoms with Gasteiger partial charge in [-0.05, 0) is 87.6 Å². The molecule has 6 nitrogen and oxygen atoms in total. The molecule has 2 heterocycles. The zero-order valence-corrected chi connectivity index (χ0v) is 20.6. The van der Waals surface area contributed by atoms with Gasteiger partial charge in [0.05, 0.1) is 11.4 Å². The molecule has 1 N–H and O–H groups in total. The van der Waals surface area contributed by atoms with Crippen molar-refractivity contribution in [3.8, 4) is 17.1 Å². The van der Waals surface area contributed by atoms with Gasteiger partial charge in [0.15, 0.2) is 11.0 Å². The third-order valence-electron chi connectivity index (χ3n) is 4.11. The molecular formula is C21H15I2N5OS. The Morgan fingerprint density at radius 2 is 1.87 bits per heavy atom. The topological polar surface area (TPSA) is 72.7 Å². The Balaban J connectivity index is 1.57. The molecule has 0 unspecified atom stereocenters. The Hall–Kier alpha value is -1.99. The fraction of sp³-hybridized carbons (Fsp3) is 0.0476. The van der Waals surface area contributed by atoms with Gasteiger partial charge in [0, 0.05) is 30.8 Å². The second kappa shape index (κ2) is 9.88. The number of aromatic nitrogens is 4. The van der Waals surface area contributed by atoms with E-state index in [4.69, 9.17) is 0 Å². The highest BCUT2D eigenvalue weighted by molar-refractivity contribution is 14.1. The van der Waals surface area contributed by atoms with Crippen LogP contribution in [0.1, 0.15) is 0 Å². The second-order valence-electron chi connectivity index (χ2n) is 6.18. The number of carbonyl (C=O) groups excluding carboxylic acids is 1. The molecule has 0 bridgehead atoms. The minimum atomic E-state index is -0.0929. The molecule has 0 fully saturated rings. The largest absolute Gasteiger partial charge is 0.324 e. The molecule has 0 radical (unpaired) electrons. The lowest BCUT2D eigenvalue weighted by Gasteiger charge is -2.11. The number of para-hydroxylation sites is 1. The number of carbonyl (C=O) groups is 1. The molecule has 0 aliphatic heterocycles. The van der Waals surface area contributed by atoms with Crippen LogP contribution in [0.15, 0.2) is 78.2 Å². The van der Waals surface area contributed by atoms with Gasteiger partial charge in [0.2, 0.25) is 5.91 Å². The molecule has 1 amide bonds. The molecule has 0 atom stereocenters. The highest BCUT2D eigenvalue weighted by Crippen LogP contribution is 2.28. The second-order valence-corrected chi connectivity index (χ2v) is 9.53. The summed E-state index contributed by atoms with van der Waals surface area (Å²) < 4.78 is 4.08. The summed E-state index contributed by atoms with van der Waals surface area (Å²) in [5, 5.41) is 12.3. The van der Waals surface area contributed by atoms with Crippen LogP contribution in [0.2, 0.25) is 0 Å². The lowest BCUT2D eigenvalue weighted by Crippen LogP contribution is -2.15.